The van der Waals surface area contributed by atoms with Gasteiger partial charge in [-0.3, -0.25) is 4.79 Å². The summed E-state index contributed by atoms with van der Waals surface area (Å²) in [6.07, 6.45) is 9.84. The summed E-state index contributed by atoms with van der Waals surface area (Å²) in [6, 6.07) is 11.0. The van der Waals surface area contributed by atoms with Crippen molar-refractivity contribution in [1.82, 2.24) is 0 Å². The molecule has 2 aromatic carbocycles. The third-order valence-electron chi connectivity index (χ3n) is 5.73. The van der Waals surface area contributed by atoms with Gasteiger partial charge in [-0.2, -0.15) is 10.2 Å². The zero-order valence-corrected chi connectivity index (χ0v) is 21.1. The number of carbonyl (C=O) groups is 2. The summed E-state index contributed by atoms with van der Waals surface area (Å²) in [5.41, 5.74) is 3.39. The molecule has 0 aliphatic rings. The van der Waals surface area contributed by atoms with Crippen LogP contribution in [-0.4, -0.2) is 18.9 Å². The zero-order valence-electron chi connectivity index (χ0n) is 21.1. The van der Waals surface area contributed by atoms with Crippen LogP contribution in [0, 0.1) is 13.8 Å². The molecule has 0 aliphatic heterocycles. The molecule has 0 fully saturated rings. The van der Waals surface area contributed by atoms with Crippen LogP contribution < -0.4 is 9.47 Å². The third kappa shape index (κ3) is 10.3. The van der Waals surface area contributed by atoms with Gasteiger partial charge < -0.3 is 14.3 Å². The fraction of sp³-hybridized carbons (Fsp3) is 0.500. The Balaban J connectivity index is 1.69. The number of carbonyl (C=O) groups excluding carboxylic acids is 2. The smallest absolute Gasteiger partial charge is 0.311 e. The van der Waals surface area contributed by atoms with Gasteiger partial charge >= 0.3 is 5.97 Å². The van der Waals surface area contributed by atoms with Crippen molar-refractivity contribution in [3.05, 3.63) is 47.5 Å². The Labute approximate surface area is 203 Å². The summed E-state index contributed by atoms with van der Waals surface area (Å²) in [5, 5.41) is 8.69. The molecule has 0 radical (unpaired) electrons. The second-order valence-corrected chi connectivity index (χ2v) is 8.81. The van der Waals surface area contributed by atoms with Gasteiger partial charge in [-0.15, -0.1) is 0 Å². The first-order chi connectivity index (χ1) is 16.4. The zero-order chi connectivity index (χ0) is 24.8. The van der Waals surface area contributed by atoms with Crippen LogP contribution in [-0.2, 0) is 9.59 Å². The summed E-state index contributed by atoms with van der Waals surface area (Å²) in [4.78, 5) is 23.1. The molecule has 34 heavy (non-hydrogen) atoms. The molecule has 0 N–H and O–H groups in total. The van der Waals surface area contributed by atoms with Crippen LogP contribution in [0.5, 0.6) is 11.5 Å². The lowest BCUT2D eigenvalue weighted by molar-refractivity contribution is -0.134. The molecule has 0 amide bonds. The highest BCUT2D eigenvalue weighted by Crippen LogP contribution is 2.29. The van der Waals surface area contributed by atoms with E-state index in [9.17, 15) is 9.59 Å². The van der Waals surface area contributed by atoms with Crippen LogP contribution in [0.3, 0.4) is 0 Å². The number of rotatable bonds is 15. The average Bonchev–Trinajstić information content (AvgIpc) is 2.80. The Hall–Kier alpha value is -3.02. The highest BCUT2D eigenvalue weighted by molar-refractivity contribution is 5.75. The molecule has 2 aromatic rings. The van der Waals surface area contributed by atoms with E-state index in [1.807, 2.05) is 44.2 Å². The minimum absolute atomic E-state index is 0.202. The van der Waals surface area contributed by atoms with Crippen molar-refractivity contribution < 1.29 is 19.1 Å². The molecule has 0 saturated carbocycles. The lowest BCUT2D eigenvalue weighted by atomic mass is 10.1. The van der Waals surface area contributed by atoms with Crippen molar-refractivity contribution >= 4 is 23.1 Å². The van der Waals surface area contributed by atoms with E-state index < -0.39 is 0 Å². The Kier molecular flexibility index (Phi) is 12.0. The van der Waals surface area contributed by atoms with Crippen LogP contribution in [0.15, 0.2) is 46.6 Å². The van der Waals surface area contributed by atoms with Gasteiger partial charge in [-0.05, 0) is 81.1 Å². The minimum atomic E-state index is -0.202. The van der Waals surface area contributed by atoms with Gasteiger partial charge in [0.05, 0.1) is 18.5 Å². The Morgan fingerprint density at radius 1 is 0.706 bits per heavy atom. The van der Waals surface area contributed by atoms with Gasteiger partial charge in [-0.1, -0.05) is 38.5 Å². The number of unbranched alkanes of at least 4 members (excludes halogenated alkanes) is 7. The van der Waals surface area contributed by atoms with Gasteiger partial charge in [0.2, 0.25) is 0 Å². The molecule has 0 aliphatic carbocycles. The summed E-state index contributed by atoms with van der Waals surface area (Å²) in [7, 11) is 1.64. The van der Waals surface area contributed by atoms with E-state index >= 15 is 0 Å². The molecule has 0 spiro atoms. The van der Waals surface area contributed by atoms with E-state index in [0.29, 0.717) is 18.6 Å². The van der Waals surface area contributed by atoms with Gasteiger partial charge in [0, 0.05) is 12.8 Å². The number of hydrogen-bond acceptors (Lipinski definition) is 6. The normalized spacial score (nSPS) is 11.1. The van der Waals surface area contributed by atoms with Crippen LogP contribution in [0.25, 0.3) is 0 Å². The third-order valence-corrected chi connectivity index (χ3v) is 5.73. The summed E-state index contributed by atoms with van der Waals surface area (Å²) in [6.45, 7) is 5.54. The maximum atomic E-state index is 12.2. The maximum absolute atomic E-state index is 12.2. The summed E-state index contributed by atoms with van der Waals surface area (Å²) < 4.78 is 10.7. The Bertz CT molecular complexity index is 969. The van der Waals surface area contributed by atoms with Crippen molar-refractivity contribution in [2.45, 2.75) is 85.0 Å². The number of azo groups is 1. The topological polar surface area (TPSA) is 77.3 Å². The number of ketones is 1. The monoisotopic (exact) mass is 466 g/mol. The fourth-order valence-electron chi connectivity index (χ4n) is 3.66. The van der Waals surface area contributed by atoms with Gasteiger partial charge in [0.15, 0.2) is 0 Å². The molecule has 6 nitrogen and oxygen atoms in total. The molecule has 184 valence electrons. The molecule has 0 bridgehead atoms. The van der Waals surface area contributed by atoms with E-state index in [0.717, 1.165) is 60.4 Å². The molecular formula is C28H38N2O4. The number of esters is 1. The van der Waals surface area contributed by atoms with E-state index in [2.05, 4.69) is 10.2 Å². The van der Waals surface area contributed by atoms with Gasteiger partial charge in [-0.25, -0.2) is 0 Å². The lowest BCUT2D eigenvalue weighted by Gasteiger charge is -2.07. The van der Waals surface area contributed by atoms with Crippen LogP contribution in [0.1, 0.15) is 82.3 Å². The summed E-state index contributed by atoms with van der Waals surface area (Å²) >= 11 is 0. The predicted octanol–water partition coefficient (Wildman–Crippen LogP) is 8.12. The van der Waals surface area contributed by atoms with Gasteiger partial charge in [0.1, 0.15) is 17.3 Å². The van der Waals surface area contributed by atoms with E-state index in [1.165, 1.54) is 19.3 Å². The summed E-state index contributed by atoms with van der Waals surface area (Å²) in [5.74, 6) is 1.40. The number of hydrogen-bond donors (Lipinski definition) is 0. The van der Waals surface area contributed by atoms with Crippen molar-refractivity contribution in [2.75, 3.05) is 7.11 Å². The van der Waals surface area contributed by atoms with Crippen molar-refractivity contribution in [3.8, 4) is 11.5 Å². The number of methoxy groups -OCH3 is 1. The molecule has 2 rings (SSSR count). The fourth-order valence-corrected chi connectivity index (χ4v) is 3.66. The molecular weight excluding hydrogens is 428 g/mol. The van der Waals surface area contributed by atoms with Crippen molar-refractivity contribution in [1.29, 1.82) is 0 Å². The molecule has 6 heteroatoms. The number of nitrogens with zero attached hydrogens (tertiary/aromatic N) is 2. The van der Waals surface area contributed by atoms with Crippen molar-refractivity contribution in [3.63, 3.8) is 0 Å². The number of aryl methyl sites for hydroxylation is 2. The number of ether oxygens (including phenoxy) is 2. The first-order valence-electron chi connectivity index (χ1n) is 12.3. The Morgan fingerprint density at radius 3 is 1.68 bits per heavy atom. The van der Waals surface area contributed by atoms with E-state index in [-0.39, 0.29) is 11.8 Å². The quantitative estimate of drug-likeness (QED) is 0.115. The predicted molar refractivity (Wildman–Crippen MR) is 136 cm³/mol. The lowest BCUT2D eigenvalue weighted by Crippen LogP contribution is -2.07. The second-order valence-electron chi connectivity index (χ2n) is 8.81. The largest absolute Gasteiger partial charge is 0.497 e. The Morgan fingerprint density at radius 2 is 1.18 bits per heavy atom. The highest BCUT2D eigenvalue weighted by Gasteiger charge is 2.07. The average molecular weight is 467 g/mol. The molecule has 0 saturated heterocycles. The van der Waals surface area contributed by atoms with E-state index in [1.54, 1.807) is 20.1 Å². The first-order valence-corrected chi connectivity index (χ1v) is 12.3. The molecule has 0 aromatic heterocycles. The van der Waals surface area contributed by atoms with Crippen LogP contribution >= 0.6 is 0 Å². The first kappa shape index (κ1) is 27.2. The number of benzene rings is 2. The highest BCUT2D eigenvalue weighted by atomic mass is 16.5. The second kappa shape index (κ2) is 15.0. The SMILES string of the molecule is COc1ccc(N=Nc2ccc(OC(=O)CCCCCCCCCCC(C)=O)cc2C)c(C)c1. The van der Waals surface area contributed by atoms with Gasteiger partial charge in [0.25, 0.3) is 0 Å². The van der Waals surface area contributed by atoms with E-state index in [4.69, 9.17) is 9.47 Å². The molecule has 0 heterocycles. The van der Waals surface area contributed by atoms with Crippen LogP contribution in [0.4, 0.5) is 11.4 Å². The maximum Gasteiger partial charge on any atom is 0.311 e. The minimum Gasteiger partial charge on any atom is -0.497 e. The van der Waals surface area contributed by atoms with Crippen molar-refractivity contribution in [2.24, 2.45) is 10.2 Å². The molecule has 0 atom stereocenters. The number of Topliss-reactive ketones (excluding diaryl/α,β-unsaturated/α-hetero) is 1. The molecule has 0 unspecified atom stereocenters. The standard InChI is InChI=1S/C28H38N2O4/c1-21-19-24(33-4)15-17-26(21)29-30-27-18-16-25(20-22(27)2)34-28(32)14-12-10-8-6-5-7-9-11-13-23(3)31/h15-20H,5-14H2,1-4H3. The van der Waals surface area contributed by atoms with Crippen LogP contribution in [0.2, 0.25) is 0 Å².